The maximum atomic E-state index is 15.3. The smallest absolute Gasteiger partial charge is 0.307 e. The van der Waals surface area contributed by atoms with Crippen molar-refractivity contribution in [2.75, 3.05) is 0 Å². The lowest BCUT2D eigenvalue weighted by atomic mass is 9.97. The number of rotatable bonds is 10. The largest absolute Gasteiger partial charge is 0.489 e. The monoisotopic (exact) mass is 486 g/mol. The minimum Gasteiger partial charge on any atom is -0.489 e. The van der Waals surface area contributed by atoms with Crippen molar-refractivity contribution in [3.8, 4) is 22.6 Å². The van der Waals surface area contributed by atoms with Crippen LogP contribution in [0.1, 0.15) is 35.2 Å². The van der Waals surface area contributed by atoms with Crippen molar-refractivity contribution in [3.63, 3.8) is 0 Å². The van der Waals surface area contributed by atoms with Crippen molar-refractivity contribution in [2.24, 2.45) is 5.73 Å². The zero-order valence-corrected chi connectivity index (χ0v) is 19.9. The normalized spacial score (nSPS) is 11.6. The zero-order chi connectivity index (χ0) is 25.5. The van der Waals surface area contributed by atoms with Gasteiger partial charge in [0.05, 0.1) is 6.42 Å². The fourth-order valence-electron chi connectivity index (χ4n) is 3.87. The molecule has 4 rings (SSSR count). The predicted octanol–water partition coefficient (Wildman–Crippen LogP) is 5.69. The molecule has 0 radical (unpaired) electrons. The third-order valence-corrected chi connectivity index (χ3v) is 5.66. The van der Waals surface area contributed by atoms with Gasteiger partial charge >= 0.3 is 5.97 Å². The Kier molecular flexibility index (Phi) is 7.92. The molecule has 1 atom stereocenters. The van der Waals surface area contributed by atoms with E-state index >= 15 is 4.39 Å². The standard InChI is InChI=1S/C29H27FN2O4/c1-19(31)25-6-4-7-26(29(25)30)23-13-21(14-24(15-23)35-17-20-9-11-32-12-10-20)18-36-27-8-3-2-5-22(27)16-28(33)34/h2-15,19H,16-18,31H2,1H3,(H,33,34). The van der Waals surface area contributed by atoms with Gasteiger partial charge in [-0.15, -0.1) is 0 Å². The van der Waals surface area contributed by atoms with E-state index in [0.29, 0.717) is 40.4 Å². The van der Waals surface area contributed by atoms with Gasteiger partial charge in [-0.1, -0.05) is 36.4 Å². The molecule has 1 aromatic heterocycles. The van der Waals surface area contributed by atoms with Gasteiger partial charge in [0, 0.05) is 35.1 Å². The van der Waals surface area contributed by atoms with Gasteiger partial charge in [-0.25, -0.2) is 4.39 Å². The highest BCUT2D eigenvalue weighted by atomic mass is 19.1. The number of carboxylic acid groups (broad SMARTS) is 1. The van der Waals surface area contributed by atoms with Gasteiger partial charge in [0.1, 0.15) is 30.5 Å². The molecule has 7 heteroatoms. The highest BCUT2D eigenvalue weighted by Gasteiger charge is 2.15. The number of nitrogens with two attached hydrogens (primary N) is 1. The molecule has 36 heavy (non-hydrogen) atoms. The van der Waals surface area contributed by atoms with E-state index < -0.39 is 12.0 Å². The molecule has 184 valence electrons. The zero-order valence-electron chi connectivity index (χ0n) is 19.9. The Morgan fingerprint density at radius 1 is 0.972 bits per heavy atom. The first-order valence-electron chi connectivity index (χ1n) is 11.5. The molecule has 1 unspecified atom stereocenters. The van der Waals surface area contributed by atoms with Crippen LogP contribution in [0.3, 0.4) is 0 Å². The minimum atomic E-state index is -0.940. The number of aliphatic carboxylic acids is 1. The molecule has 0 fully saturated rings. The molecule has 0 bridgehead atoms. The van der Waals surface area contributed by atoms with Gasteiger partial charge in [0.15, 0.2) is 0 Å². The summed E-state index contributed by atoms with van der Waals surface area (Å²) in [7, 11) is 0. The Balaban J connectivity index is 1.66. The summed E-state index contributed by atoms with van der Waals surface area (Å²) < 4.78 is 27.4. The minimum absolute atomic E-state index is 0.144. The molecular weight excluding hydrogens is 459 g/mol. The van der Waals surface area contributed by atoms with Crippen LogP contribution in [0.5, 0.6) is 11.5 Å². The molecular formula is C29H27FN2O4. The number of hydrogen-bond acceptors (Lipinski definition) is 5. The SMILES string of the molecule is CC(N)c1cccc(-c2cc(COc3ccccc3CC(=O)O)cc(OCc3ccncc3)c2)c1F. The highest BCUT2D eigenvalue weighted by molar-refractivity contribution is 5.71. The van der Waals surface area contributed by atoms with E-state index in [1.54, 1.807) is 67.8 Å². The fourth-order valence-corrected chi connectivity index (χ4v) is 3.87. The molecule has 1 heterocycles. The second kappa shape index (κ2) is 11.5. The molecule has 0 saturated carbocycles. The summed E-state index contributed by atoms with van der Waals surface area (Å²) in [6.07, 6.45) is 3.24. The van der Waals surface area contributed by atoms with Crippen LogP contribution < -0.4 is 15.2 Å². The van der Waals surface area contributed by atoms with E-state index in [0.717, 1.165) is 11.1 Å². The van der Waals surface area contributed by atoms with Crippen LogP contribution in [0, 0.1) is 5.82 Å². The van der Waals surface area contributed by atoms with Gasteiger partial charge in [0.2, 0.25) is 0 Å². The van der Waals surface area contributed by atoms with Gasteiger partial charge in [-0.05, 0) is 60.0 Å². The number of pyridine rings is 1. The third-order valence-electron chi connectivity index (χ3n) is 5.66. The Morgan fingerprint density at radius 3 is 2.47 bits per heavy atom. The van der Waals surface area contributed by atoms with Crippen molar-refractivity contribution in [2.45, 2.75) is 32.6 Å². The number of ether oxygens (including phenoxy) is 2. The topological polar surface area (TPSA) is 94.7 Å². The molecule has 0 spiro atoms. The van der Waals surface area contributed by atoms with Crippen LogP contribution in [-0.4, -0.2) is 16.1 Å². The van der Waals surface area contributed by atoms with Crippen molar-refractivity contribution < 1.29 is 23.8 Å². The lowest BCUT2D eigenvalue weighted by molar-refractivity contribution is -0.136. The Labute approximate surface area is 209 Å². The first-order chi connectivity index (χ1) is 17.4. The molecule has 3 aromatic carbocycles. The molecule has 3 N–H and O–H groups in total. The second-order valence-corrected chi connectivity index (χ2v) is 8.47. The number of benzene rings is 3. The van der Waals surface area contributed by atoms with Crippen molar-refractivity contribution in [1.29, 1.82) is 0 Å². The van der Waals surface area contributed by atoms with Crippen LogP contribution in [0.2, 0.25) is 0 Å². The third kappa shape index (κ3) is 6.25. The number of carbonyl (C=O) groups is 1. The lowest BCUT2D eigenvalue weighted by Gasteiger charge is -2.16. The fraction of sp³-hybridized carbons (Fsp3) is 0.172. The van der Waals surface area contributed by atoms with E-state index in [9.17, 15) is 9.90 Å². The van der Waals surface area contributed by atoms with E-state index in [1.807, 2.05) is 24.3 Å². The Hall–Kier alpha value is -4.23. The second-order valence-electron chi connectivity index (χ2n) is 8.47. The van der Waals surface area contributed by atoms with Crippen molar-refractivity contribution in [3.05, 3.63) is 113 Å². The molecule has 0 aliphatic heterocycles. The van der Waals surface area contributed by atoms with Crippen molar-refractivity contribution in [1.82, 2.24) is 4.98 Å². The van der Waals surface area contributed by atoms with Crippen LogP contribution in [-0.2, 0) is 24.4 Å². The first kappa shape index (κ1) is 24.9. The van der Waals surface area contributed by atoms with Gasteiger partial charge in [-0.3, -0.25) is 9.78 Å². The molecule has 6 nitrogen and oxygen atoms in total. The quantitative estimate of drug-likeness (QED) is 0.299. The number of halogens is 1. The summed E-state index contributed by atoms with van der Waals surface area (Å²) in [5.41, 5.74) is 9.69. The lowest BCUT2D eigenvalue weighted by Crippen LogP contribution is -2.08. The maximum absolute atomic E-state index is 15.3. The maximum Gasteiger partial charge on any atom is 0.307 e. The van der Waals surface area contributed by atoms with E-state index in [1.165, 1.54) is 0 Å². The van der Waals surface area contributed by atoms with Gasteiger partial charge in [0.25, 0.3) is 0 Å². The number of hydrogen-bond donors (Lipinski definition) is 2. The Bertz CT molecular complexity index is 1340. The highest BCUT2D eigenvalue weighted by Crippen LogP contribution is 2.32. The van der Waals surface area contributed by atoms with Gasteiger partial charge < -0.3 is 20.3 Å². The molecule has 0 aliphatic rings. The molecule has 0 amide bonds. The van der Waals surface area contributed by atoms with Crippen molar-refractivity contribution >= 4 is 5.97 Å². The number of nitrogens with zero attached hydrogens (tertiary/aromatic N) is 1. The van der Waals surface area contributed by atoms with Gasteiger partial charge in [-0.2, -0.15) is 0 Å². The Morgan fingerprint density at radius 2 is 1.72 bits per heavy atom. The van der Waals surface area contributed by atoms with Crippen LogP contribution in [0.25, 0.3) is 11.1 Å². The average Bonchev–Trinajstić information content (AvgIpc) is 2.87. The summed E-state index contributed by atoms with van der Waals surface area (Å²) in [6, 6.07) is 20.9. The molecule has 0 aliphatic carbocycles. The van der Waals surface area contributed by atoms with E-state index in [2.05, 4.69) is 4.98 Å². The van der Waals surface area contributed by atoms with E-state index in [-0.39, 0.29) is 18.8 Å². The van der Waals surface area contributed by atoms with E-state index in [4.69, 9.17) is 15.2 Å². The summed E-state index contributed by atoms with van der Waals surface area (Å²) in [5, 5.41) is 9.20. The molecule has 0 saturated heterocycles. The van der Waals surface area contributed by atoms with Crippen LogP contribution >= 0.6 is 0 Å². The van der Waals surface area contributed by atoms with Crippen LogP contribution in [0.4, 0.5) is 4.39 Å². The summed E-state index contributed by atoms with van der Waals surface area (Å²) >= 11 is 0. The summed E-state index contributed by atoms with van der Waals surface area (Å²) in [5.74, 6) is -0.288. The number of aromatic nitrogens is 1. The summed E-state index contributed by atoms with van der Waals surface area (Å²) in [4.78, 5) is 15.2. The predicted molar refractivity (Wildman–Crippen MR) is 135 cm³/mol. The van der Waals surface area contributed by atoms with Crippen LogP contribution in [0.15, 0.2) is 85.2 Å². The molecule has 4 aromatic rings. The number of carboxylic acids is 1. The average molecular weight is 487 g/mol. The number of para-hydroxylation sites is 1. The first-order valence-corrected chi connectivity index (χ1v) is 11.5. The summed E-state index contributed by atoms with van der Waals surface area (Å²) in [6.45, 7) is 2.20.